The van der Waals surface area contributed by atoms with Crippen molar-refractivity contribution in [3.05, 3.63) is 34.7 Å². The van der Waals surface area contributed by atoms with Crippen molar-refractivity contribution in [2.24, 2.45) is 17.8 Å². The summed E-state index contributed by atoms with van der Waals surface area (Å²) in [6.45, 7) is 2.83. The van der Waals surface area contributed by atoms with E-state index < -0.39 is 0 Å². The third-order valence-corrected chi connectivity index (χ3v) is 7.87. The van der Waals surface area contributed by atoms with Gasteiger partial charge in [0, 0.05) is 30.5 Å². The van der Waals surface area contributed by atoms with Crippen molar-refractivity contribution in [2.75, 3.05) is 0 Å². The monoisotopic (exact) mass is 468 g/mol. The highest BCUT2D eigenvalue weighted by Crippen LogP contribution is 2.55. The summed E-state index contributed by atoms with van der Waals surface area (Å²) < 4.78 is 4.49. The van der Waals surface area contributed by atoms with Gasteiger partial charge in [0.1, 0.15) is 5.69 Å². The number of halogens is 1. The Morgan fingerprint density at radius 3 is 2.53 bits per heavy atom. The molecule has 156 valence electrons. The molecular formula is C22H25BrN6O. The summed E-state index contributed by atoms with van der Waals surface area (Å²) in [5.41, 5.74) is 2.66. The van der Waals surface area contributed by atoms with Crippen LogP contribution in [0.5, 0.6) is 0 Å². The molecule has 8 heteroatoms. The lowest BCUT2D eigenvalue weighted by Gasteiger charge is -2.56. The number of carbonyl (C=O) groups excluding carboxylic acids is 1. The van der Waals surface area contributed by atoms with Crippen molar-refractivity contribution in [1.29, 1.82) is 0 Å². The van der Waals surface area contributed by atoms with Crippen molar-refractivity contribution in [1.82, 2.24) is 29.7 Å². The Hall–Kier alpha value is -2.22. The number of rotatable bonds is 4. The minimum atomic E-state index is -0.0773. The third kappa shape index (κ3) is 2.91. The molecule has 0 aliphatic heterocycles. The highest BCUT2D eigenvalue weighted by Gasteiger charge is 2.51. The quantitative estimate of drug-likeness (QED) is 0.625. The molecule has 30 heavy (non-hydrogen) atoms. The predicted molar refractivity (Wildman–Crippen MR) is 116 cm³/mol. The van der Waals surface area contributed by atoms with E-state index in [9.17, 15) is 4.79 Å². The van der Waals surface area contributed by atoms with Gasteiger partial charge in [0.2, 0.25) is 0 Å². The molecule has 3 aromatic rings. The molecule has 4 aliphatic rings. The first-order chi connectivity index (χ1) is 14.5. The minimum Gasteiger partial charge on any atom is -0.345 e. The molecule has 7 nitrogen and oxygen atoms in total. The topological polar surface area (TPSA) is 77.1 Å². The number of carbonyl (C=O) groups is 1. The molecule has 0 radical (unpaired) electrons. The van der Waals surface area contributed by atoms with E-state index in [0.717, 1.165) is 59.4 Å². The summed E-state index contributed by atoms with van der Waals surface area (Å²) in [7, 11) is 0. The van der Waals surface area contributed by atoms with Gasteiger partial charge >= 0.3 is 0 Å². The van der Waals surface area contributed by atoms with Gasteiger partial charge in [-0.25, -0.2) is 9.50 Å². The molecule has 7 rings (SSSR count). The lowest BCUT2D eigenvalue weighted by Crippen LogP contribution is -2.59. The van der Waals surface area contributed by atoms with Crippen LogP contribution in [0.25, 0.3) is 17.0 Å². The van der Waals surface area contributed by atoms with Crippen LogP contribution in [0.1, 0.15) is 55.9 Å². The second kappa shape index (κ2) is 6.64. The van der Waals surface area contributed by atoms with Crippen LogP contribution in [0, 0.1) is 17.8 Å². The van der Waals surface area contributed by atoms with E-state index in [1.54, 1.807) is 16.8 Å². The summed E-state index contributed by atoms with van der Waals surface area (Å²) in [6.07, 6.45) is 11.1. The lowest BCUT2D eigenvalue weighted by atomic mass is 9.53. The molecule has 0 atom stereocenters. The Balaban J connectivity index is 1.33. The van der Waals surface area contributed by atoms with Crippen molar-refractivity contribution >= 4 is 27.5 Å². The highest BCUT2D eigenvalue weighted by atomic mass is 79.9. The summed E-state index contributed by atoms with van der Waals surface area (Å²) >= 11 is 3.60. The number of aryl methyl sites for hydroxylation is 1. The first-order valence-corrected chi connectivity index (χ1v) is 11.7. The van der Waals surface area contributed by atoms with Crippen LogP contribution in [-0.2, 0) is 6.54 Å². The molecule has 3 aromatic heterocycles. The summed E-state index contributed by atoms with van der Waals surface area (Å²) in [4.78, 5) is 17.6. The highest BCUT2D eigenvalue weighted by molar-refractivity contribution is 9.10. The van der Waals surface area contributed by atoms with Crippen molar-refractivity contribution in [3.8, 4) is 11.4 Å². The molecule has 4 bridgehead atoms. The van der Waals surface area contributed by atoms with Crippen LogP contribution in [0.4, 0.5) is 0 Å². The number of fused-ring (bicyclic) bond motifs is 1. The number of hydrogen-bond acceptors (Lipinski definition) is 4. The second-order valence-corrected chi connectivity index (χ2v) is 10.3. The Bertz CT molecular complexity index is 1110. The van der Waals surface area contributed by atoms with E-state index in [4.69, 9.17) is 0 Å². The number of hydrogen-bond donors (Lipinski definition) is 1. The van der Waals surface area contributed by atoms with Crippen LogP contribution in [-0.4, -0.2) is 35.8 Å². The first-order valence-electron chi connectivity index (χ1n) is 10.9. The van der Waals surface area contributed by atoms with Gasteiger partial charge < -0.3 is 5.32 Å². The van der Waals surface area contributed by atoms with E-state index in [1.807, 2.05) is 23.9 Å². The molecule has 0 saturated heterocycles. The van der Waals surface area contributed by atoms with Gasteiger partial charge in [0.25, 0.3) is 5.91 Å². The zero-order valence-electron chi connectivity index (χ0n) is 17.0. The molecule has 4 fully saturated rings. The molecule has 3 heterocycles. The molecule has 0 unspecified atom stereocenters. The number of nitrogens with zero attached hydrogens (tertiary/aromatic N) is 5. The average Bonchev–Trinajstić information content (AvgIpc) is 3.30. The van der Waals surface area contributed by atoms with Crippen LogP contribution >= 0.6 is 15.9 Å². The molecule has 4 saturated carbocycles. The van der Waals surface area contributed by atoms with Gasteiger partial charge in [-0.3, -0.25) is 9.48 Å². The van der Waals surface area contributed by atoms with Crippen LogP contribution in [0.15, 0.2) is 29.0 Å². The standard InChI is InChI=1S/C22H25BrN6O/c1-2-28-12-16(23)20(27-28)18-3-4-24-19-8-17(26-29(18)19)21(30)25-22-9-13-5-14(10-22)7-15(6-13)11-22/h3-4,8,12-15H,2,5-7,9-11H2,1H3,(H,25,30). The van der Waals surface area contributed by atoms with Crippen LogP contribution in [0.2, 0.25) is 0 Å². The van der Waals surface area contributed by atoms with E-state index in [-0.39, 0.29) is 11.4 Å². The van der Waals surface area contributed by atoms with Gasteiger partial charge in [0.15, 0.2) is 11.3 Å². The third-order valence-electron chi connectivity index (χ3n) is 7.29. The van der Waals surface area contributed by atoms with Gasteiger partial charge in [-0.05, 0) is 85.2 Å². The number of amides is 1. The van der Waals surface area contributed by atoms with Crippen molar-refractivity contribution in [3.63, 3.8) is 0 Å². The fraction of sp³-hybridized carbons (Fsp3) is 0.545. The summed E-state index contributed by atoms with van der Waals surface area (Å²) in [6, 6.07) is 3.66. The SMILES string of the molecule is CCn1cc(Br)c(-c2ccnc3cc(C(=O)NC45CC6CC(CC(C6)C4)C5)nn23)n1. The lowest BCUT2D eigenvalue weighted by molar-refractivity contribution is -0.0167. The van der Waals surface area contributed by atoms with E-state index in [2.05, 4.69) is 36.4 Å². The van der Waals surface area contributed by atoms with Gasteiger partial charge in [-0.1, -0.05) is 0 Å². The van der Waals surface area contributed by atoms with Crippen molar-refractivity contribution in [2.45, 2.75) is 57.5 Å². The van der Waals surface area contributed by atoms with Gasteiger partial charge in [0.05, 0.1) is 10.2 Å². The molecule has 1 N–H and O–H groups in total. The molecular weight excluding hydrogens is 444 g/mol. The van der Waals surface area contributed by atoms with Crippen molar-refractivity contribution < 1.29 is 4.79 Å². The zero-order valence-corrected chi connectivity index (χ0v) is 18.6. The largest absolute Gasteiger partial charge is 0.345 e. The Morgan fingerprint density at radius 1 is 1.20 bits per heavy atom. The maximum atomic E-state index is 13.2. The predicted octanol–water partition coefficient (Wildman–Crippen LogP) is 4.07. The maximum Gasteiger partial charge on any atom is 0.272 e. The van der Waals surface area contributed by atoms with Gasteiger partial charge in [-0.2, -0.15) is 10.2 Å². The summed E-state index contributed by atoms with van der Waals surface area (Å²) in [5, 5.41) is 12.7. The fourth-order valence-corrected chi connectivity index (χ4v) is 7.01. The molecule has 4 aliphatic carbocycles. The molecule has 0 aromatic carbocycles. The molecule has 1 amide bonds. The minimum absolute atomic E-state index is 0.0270. The zero-order chi connectivity index (χ0) is 20.5. The second-order valence-electron chi connectivity index (χ2n) is 9.46. The summed E-state index contributed by atoms with van der Waals surface area (Å²) in [5.74, 6) is 2.29. The first kappa shape index (κ1) is 18.5. The molecule has 0 spiro atoms. The normalized spacial score (nSPS) is 29.6. The maximum absolute atomic E-state index is 13.2. The Labute approximate surface area is 183 Å². The van der Waals surface area contributed by atoms with Crippen LogP contribution < -0.4 is 5.32 Å². The van der Waals surface area contributed by atoms with E-state index >= 15 is 0 Å². The fourth-order valence-electron chi connectivity index (χ4n) is 6.49. The Morgan fingerprint density at radius 2 is 1.90 bits per heavy atom. The van der Waals surface area contributed by atoms with E-state index in [0.29, 0.717) is 11.3 Å². The van der Waals surface area contributed by atoms with Crippen LogP contribution in [0.3, 0.4) is 0 Å². The number of nitrogens with one attached hydrogen (secondary N) is 1. The Kier molecular flexibility index (Phi) is 4.10. The number of aromatic nitrogens is 5. The smallest absolute Gasteiger partial charge is 0.272 e. The van der Waals surface area contributed by atoms with Gasteiger partial charge in [-0.15, -0.1) is 0 Å². The average molecular weight is 469 g/mol. The van der Waals surface area contributed by atoms with E-state index in [1.165, 1.54) is 19.3 Å².